The number of hydrogen-bond acceptors (Lipinski definition) is 2. The van der Waals surface area contributed by atoms with Gasteiger partial charge in [0, 0.05) is 38.0 Å². The highest BCUT2D eigenvalue weighted by Gasteiger charge is 2.33. The molecule has 1 heterocycles. The predicted octanol–water partition coefficient (Wildman–Crippen LogP) is 3.27. The lowest BCUT2D eigenvalue weighted by Crippen LogP contribution is -2.53. The third-order valence-corrected chi connectivity index (χ3v) is 7.30. The third kappa shape index (κ3) is 3.76. The van der Waals surface area contributed by atoms with E-state index in [1.54, 1.807) is 0 Å². The van der Waals surface area contributed by atoms with E-state index in [0.717, 1.165) is 38.5 Å². The number of piperazine rings is 1. The number of benzene rings is 2. The highest BCUT2D eigenvalue weighted by molar-refractivity contribution is 5.82. The standard InChI is InChI=1S/C26H30N2O2/c29-25(23-11-9-19-5-1-3-7-21(19)17-23)27-13-15-28(16-14-27)26(30)24-12-10-20-6-2-4-8-22(20)18-24/h1-8,23-24H,9-18H2/t23-,24?/m1/s1. The summed E-state index contributed by atoms with van der Waals surface area (Å²) >= 11 is 0. The number of carbonyl (C=O) groups is 2. The maximum absolute atomic E-state index is 13.1. The molecule has 1 unspecified atom stereocenters. The smallest absolute Gasteiger partial charge is 0.226 e. The fourth-order valence-corrected chi connectivity index (χ4v) is 5.48. The van der Waals surface area contributed by atoms with Crippen LogP contribution in [0, 0.1) is 11.8 Å². The molecule has 2 atom stereocenters. The Labute approximate surface area is 178 Å². The van der Waals surface area contributed by atoms with Crippen LogP contribution in [0.15, 0.2) is 48.5 Å². The zero-order valence-electron chi connectivity index (χ0n) is 17.6. The van der Waals surface area contributed by atoms with Crippen molar-refractivity contribution in [1.29, 1.82) is 0 Å². The van der Waals surface area contributed by atoms with Gasteiger partial charge in [-0.2, -0.15) is 0 Å². The monoisotopic (exact) mass is 402 g/mol. The molecule has 4 nitrogen and oxygen atoms in total. The van der Waals surface area contributed by atoms with Crippen molar-refractivity contribution in [2.45, 2.75) is 38.5 Å². The fourth-order valence-electron chi connectivity index (χ4n) is 5.48. The molecule has 2 aliphatic carbocycles. The average Bonchev–Trinajstić information content (AvgIpc) is 2.82. The van der Waals surface area contributed by atoms with E-state index in [4.69, 9.17) is 0 Å². The number of aryl methyl sites for hydroxylation is 2. The summed E-state index contributed by atoms with van der Waals surface area (Å²) < 4.78 is 0. The van der Waals surface area contributed by atoms with Crippen molar-refractivity contribution < 1.29 is 9.59 Å². The molecule has 4 heteroatoms. The molecule has 5 rings (SSSR count). The quantitative estimate of drug-likeness (QED) is 0.774. The van der Waals surface area contributed by atoms with E-state index in [-0.39, 0.29) is 23.7 Å². The summed E-state index contributed by atoms with van der Waals surface area (Å²) in [6.07, 6.45) is 5.58. The summed E-state index contributed by atoms with van der Waals surface area (Å²) in [5.74, 6) is 0.750. The fraction of sp³-hybridized carbons (Fsp3) is 0.462. The van der Waals surface area contributed by atoms with Gasteiger partial charge < -0.3 is 9.80 Å². The highest BCUT2D eigenvalue weighted by Crippen LogP contribution is 2.29. The van der Waals surface area contributed by atoms with Gasteiger partial charge in [-0.1, -0.05) is 48.5 Å². The molecule has 0 radical (unpaired) electrons. The van der Waals surface area contributed by atoms with Crippen molar-refractivity contribution in [3.05, 3.63) is 70.8 Å². The molecule has 2 amide bonds. The summed E-state index contributed by atoms with van der Waals surface area (Å²) in [5.41, 5.74) is 5.44. The largest absolute Gasteiger partial charge is 0.339 e. The average molecular weight is 403 g/mol. The maximum Gasteiger partial charge on any atom is 0.226 e. The van der Waals surface area contributed by atoms with Crippen LogP contribution < -0.4 is 0 Å². The SMILES string of the molecule is O=C(C1CCc2ccccc2C1)N1CCN(C(=O)[C@@H]2CCc3ccccc3C2)CC1. The predicted molar refractivity (Wildman–Crippen MR) is 117 cm³/mol. The van der Waals surface area contributed by atoms with Crippen LogP contribution in [0.25, 0.3) is 0 Å². The van der Waals surface area contributed by atoms with Gasteiger partial charge in [0.25, 0.3) is 0 Å². The van der Waals surface area contributed by atoms with Crippen LogP contribution in [0.1, 0.15) is 35.1 Å². The summed E-state index contributed by atoms with van der Waals surface area (Å²) in [5, 5.41) is 0. The highest BCUT2D eigenvalue weighted by atomic mass is 16.2. The molecule has 0 spiro atoms. The topological polar surface area (TPSA) is 40.6 Å². The lowest BCUT2D eigenvalue weighted by atomic mass is 9.82. The minimum absolute atomic E-state index is 0.0944. The van der Waals surface area contributed by atoms with Crippen molar-refractivity contribution in [3.8, 4) is 0 Å². The molecule has 2 aromatic rings. The van der Waals surface area contributed by atoms with Crippen LogP contribution >= 0.6 is 0 Å². The first-order chi connectivity index (χ1) is 14.7. The molecular weight excluding hydrogens is 372 g/mol. The van der Waals surface area contributed by atoms with Crippen molar-refractivity contribution >= 4 is 11.8 Å². The van der Waals surface area contributed by atoms with Crippen LogP contribution in [0.5, 0.6) is 0 Å². The molecule has 156 valence electrons. The summed E-state index contributed by atoms with van der Waals surface area (Å²) in [4.78, 5) is 30.2. The second kappa shape index (κ2) is 8.25. The number of nitrogens with zero attached hydrogens (tertiary/aromatic N) is 2. The number of rotatable bonds is 2. The lowest BCUT2D eigenvalue weighted by molar-refractivity contribution is -0.144. The van der Waals surface area contributed by atoms with Crippen LogP contribution in [0.3, 0.4) is 0 Å². The van der Waals surface area contributed by atoms with E-state index < -0.39 is 0 Å². The Morgan fingerprint density at radius 2 is 0.967 bits per heavy atom. The molecule has 2 aromatic carbocycles. The van der Waals surface area contributed by atoms with Crippen LogP contribution in [0.2, 0.25) is 0 Å². The Morgan fingerprint density at radius 3 is 1.37 bits per heavy atom. The van der Waals surface area contributed by atoms with Crippen LogP contribution in [-0.2, 0) is 35.3 Å². The number of fused-ring (bicyclic) bond motifs is 2. The first-order valence-electron chi connectivity index (χ1n) is 11.4. The third-order valence-electron chi connectivity index (χ3n) is 7.30. The van der Waals surface area contributed by atoms with Crippen LogP contribution in [0.4, 0.5) is 0 Å². The van der Waals surface area contributed by atoms with Crippen LogP contribution in [-0.4, -0.2) is 47.8 Å². The summed E-state index contributed by atoms with van der Waals surface area (Å²) in [6.45, 7) is 2.69. The van der Waals surface area contributed by atoms with Crippen molar-refractivity contribution in [2.24, 2.45) is 11.8 Å². The second-order valence-corrected chi connectivity index (χ2v) is 9.07. The van der Waals surface area contributed by atoms with Gasteiger partial charge in [-0.3, -0.25) is 9.59 Å². The first kappa shape index (κ1) is 19.3. The number of amides is 2. The van der Waals surface area contributed by atoms with Gasteiger partial charge in [0.05, 0.1) is 0 Å². The Morgan fingerprint density at radius 1 is 0.600 bits per heavy atom. The Hall–Kier alpha value is -2.62. The molecule has 3 aliphatic rings. The summed E-state index contributed by atoms with van der Waals surface area (Å²) in [7, 11) is 0. The molecule has 0 N–H and O–H groups in total. The van der Waals surface area contributed by atoms with E-state index in [9.17, 15) is 9.59 Å². The zero-order valence-corrected chi connectivity index (χ0v) is 17.6. The van der Waals surface area contributed by atoms with Gasteiger partial charge in [0.15, 0.2) is 0 Å². The Balaban J connectivity index is 1.16. The van der Waals surface area contributed by atoms with E-state index in [1.807, 2.05) is 9.80 Å². The lowest BCUT2D eigenvalue weighted by Gasteiger charge is -2.39. The van der Waals surface area contributed by atoms with E-state index in [0.29, 0.717) is 26.2 Å². The van der Waals surface area contributed by atoms with Gasteiger partial charge in [-0.05, 0) is 60.8 Å². The molecule has 30 heavy (non-hydrogen) atoms. The van der Waals surface area contributed by atoms with Gasteiger partial charge >= 0.3 is 0 Å². The van der Waals surface area contributed by atoms with Gasteiger partial charge in [0.1, 0.15) is 0 Å². The van der Waals surface area contributed by atoms with Gasteiger partial charge in [-0.25, -0.2) is 0 Å². The molecule has 1 saturated heterocycles. The van der Waals surface area contributed by atoms with Crippen molar-refractivity contribution in [3.63, 3.8) is 0 Å². The maximum atomic E-state index is 13.1. The Kier molecular flexibility index (Phi) is 5.32. The number of hydrogen-bond donors (Lipinski definition) is 0. The normalized spacial score (nSPS) is 23.5. The number of carbonyl (C=O) groups excluding carboxylic acids is 2. The zero-order chi connectivity index (χ0) is 20.5. The first-order valence-corrected chi connectivity index (χ1v) is 11.4. The van der Waals surface area contributed by atoms with E-state index in [2.05, 4.69) is 48.5 Å². The minimum atomic E-state index is 0.0944. The van der Waals surface area contributed by atoms with E-state index >= 15 is 0 Å². The molecule has 0 aromatic heterocycles. The Bertz CT molecular complexity index is 868. The van der Waals surface area contributed by atoms with Gasteiger partial charge in [0.2, 0.25) is 11.8 Å². The second-order valence-electron chi connectivity index (χ2n) is 9.07. The van der Waals surface area contributed by atoms with Gasteiger partial charge in [-0.15, -0.1) is 0 Å². The summed E-state index contributed by atoms with van der Waals surface area (Å²) in [6, 6.07) is 17.0. The van der Waals surface area contributed by atoms with Crippen molar-refractivity contribution in [1.82, 2.24) is 9.80 Å². The minimum Gasteiger partial charge on any atom is -0.339 e. The molecule has 1 aliphatic heterocycles. The van der Waals surface area contributed by atoms with Crippen molar-refractivity contribution in [2.75, 3.05) is 26.2 Å². The molecule has 1 fully saturated rings. The molecular formula is C26H30N2O2. The van der Waals surface area contributed by atoms with E-state index in [1.165, 1.54) is 22.3 Å². The molecule has 0 bridgehead atoms. The molecule has 0 saturated carbocycles.